The standard InChI is InChI=1S/C35H58N4O6S2/c1-6-45-33(40)28-13-15-30(16-14-28)36-39(19-9-10-24-46(5,41)42)32-25-29-17-18-35(32,34(29,3)4)26-47(43,44)38-22-20-37(21-23-38)31-12-8-7-11-27(31)2/h7-8,11-12,28-30,32,36H,6,9-10,13-26H2,1-5H3/t28?,29?,30?,32-,35?/m0/s1. The highest BCUT2D eigenvalue weighted by molar-refractivity contribution is 7.90. The van der Waals surface area contributed by atoms with Crippen LogP contribution in [0.5, 0.6) is 0 Å². The summed E-state index contributed by atoms with van der Waals surface area (Å²) in [5.74, 6) is 0.539. The number of sulfone groups is 1. The first-order valence-electron chi connectivity index (χ1n) is 17.8. The average molecular weight is 695 g/mol. The molecule has 0 aromatic heterocycles. The van der Waals surface area contributed by atoms with Gasteiger partial charge in [-0.3, -0.25) is 10.2 Å². The topological polar surface area (TPSA) is 116 Å². The van der Waals surface area contributed by atoms with Crippen LogP contribution in [0.2, 0.25) is 0 Å². The average Bonchev–Trinajstić information content (AvgIpc) is 3.38. The minimum absolute atomic E-state index is 0.0281. The van der Waals surface area contributed by atoms with Gasteiger partial charge in [0.05, 0.1) is 18.3 Å². The number of sulfonamides is 1. The number of anilines is 1. The van der Waals surface area contributed by atoms with Gasteiger partial charge in [0.2, 0.25) is 10.0 Å². The SMILES string of the molecule is CCOC(=O)C1CCC(NN(CCCCS(C)(=O)=O)[C@H]2CC3CCC2(CS(=O)(=O)N2CCN(c4ccccc4C)CC2)C3(C)C)CC1. The number of piperazine rings is 1. The van der Waals surface area contributed by atoms with Gasteiger partial charge in [0.25, 0.3) is 0 Å². The van der Waals surface area contributed by atoms with Crippen LogP contribution < -0.4 is 10.3 Å². The third-order valence-electron chi connectivity index (χ3n) is 12.2. The van der Waals surface area contributed by atoms with E-state index in [1.165, 1.54) is 17.5 Å². The van der Waals surface area contributed by atoms with Crippen molar-refractivity contribution in [1.82, 2.24) is 14.7 Å². The molecule has 0 amide bonds. The van der Waals surface area contributed by atoms with Crippen LogP contribution >= 0.6 is 0 Å². The predicted molar refractivity (Wildman–Crippen MR) is 187 cm³/mol. The van der Waals surface area contributed by atoms with Crippen molar-refractivity contribution in [2.75, 3.05) is 62.0 Å². The summed E-state index contributed by atoms with van der Waals surface area (Å²) in [7, 11) is -6.60. The summed E-state index contributed by atoms with van der Waals surface area (Å²) < 4.78 is 59.6. The van der Waals surface area contributed by atoms with Crippen molar-refractivity contribution in [3.63, 3.8) is 0 Å². The fourth-order valence-electron chi connectivity index (χ4n) is 9.26. The molecular formula is C35H58N4O6S2. The Morgan fingerprint density at radius 2 is 1.68 bits per heavy atom. The highest BCUT2D eigenvalue weighted by Gasteiger charge is 2.66. The van der Waals surface area contributed by atoms with Crippen LogP contribution in [0.1, 0.15) is 84.1 Å². The number of nitrogens with zero attached hydrogens (tertiary/aromatic N) is 3. The maximum Gasteiger partial charge on any atom is 0.308 e. The molecule has 0 spiro atoms. The monoisotopic (exact) mass is 694 g/mol. The first-order valence-corrected chi connectivity index (χ1v) is 21.5. The first kappa shape index (κ1) is 36.5. The van der Waals surface area contributed by atoms with E-state index in [-0.39, 0.29) is 40.9 Å². The highest BCUT2D eigenvalue weighted by atomic mass is 32.2. The predicted octanol–water partition coefficient (Wildman–Crippen LogP) is 4.40. The summed E-state index contributed by atoms with van der Waals surface area (Å²) in [5, 5.41) is 2.32. The molecule has 1 saturated heterocycles. The molecule has 3 aliphatic carbocycles. The zero-order valence-electron chi connectivity index (χ0n) is 29.2. The molecule has 1 heterocycles. The Hall–Kier alpha value is -1.73. The van der Waals surface area contributed by atoms with Crippen molar-refractivity contribution in [1.29, 1.82) is 0 Å². The summed E-state index contributed by atoms with van der Waals surface area (Å²) in [6, 6.07) is 8.50. The molecule has 47 heavy (non-hydrogen) atoms. The lowest BCUT2D eigenvalue weighted by molar-refractivity contribution is -0.149. The number of para-hydroxylation sites is 1. The Morgan fingerprint density at radius 3 is 2.30 bits per heavy atom. The van der Waals surface area contributed by atoms with Gasteiger partial charge in [-0.15, -0.1) is 0 Å². The number of esters is 1. The molecule has 5 rings (SSSR count). The molecule has 4 fully saturated rings. The number of rotatable bonds is 14. The van der Waals surface area contributed by atoms with E-state index in [2.05, 4.69) is 48.2 Å². The summed E-state index contributed by atoms with van der Waals surface area (Å²) in [6.07, 6.45) is 8.63. The van der Waals surface area contributed by atoms with E-state index in [1.807, 2.05) is 19.1 Å². The van der Waals surface area contributed by atoms with Crippen molar-refractivity contribution < 1.29 is 26.4 Å². The molecule has 2 unspecified atom stereocenters. The number of nitrogens with one attached hydrogen (secondary N) is 1. The highest BCUT2D eigenvalue weighted by Crippen LogP contribution is 2.67. The van der Waals surface area contributed by atoms with Crippen LogP contribution in [0.25, 0.3) is 0 Å². The maximum absolute atomic E-state index is 14.4. The Bertz CT molecular complexity index is 1450. The van der Waals surface area contributed by atoms with Gasteiger partial charge in [-0.1, -0.05) is 32.0 Å². The van der Waals surface area contributed by atoms with Crippen LogP contribution in [0.3, 0.4) is 0 Å². The Labute approximate surface area is 283 Å². The second kappa shape index (κ2) is 14.6. The molecule has 3 saturated carbocycles. The summed E-state index contributed by atoms with van der Waals surface area (Å²) in [4.78, 5) is 14.7. The van der Waals surface area contributed by atoms with E-state index < -0.39 is 25.3 Å². The molecule has 1 aromatic carbocycles. The second-order valence-electron chi connectivity index (χ2n) is 15.3. The number of carbonyl (C=O) groups excluding carboxylic acids is 1. The third kappa shape index (κ3) is 8.03. The molecule has 3 atom stereocenters. The molecule has 1 aromatic rings. The first-order chi connectivity index (χ1) is 22.2. The number of carbonyl (C=O) groups is 1. The van der Waals surface area contributed by atoms with E-state index in [1.54, 1.807) is 4.31 Å². The molecule has 1 aliphatic heterocycles. The molecule has 2 bridgehead atoms. The van der Waals surface area contributed by atoms with Crippen molar-refractivity contribution in [2.45, 2.75) is 97.6 Å². The van der Waals surface area contributed by atoms with Gasteiger partial charge >= 0.3 is 5.97 Å². The second-order valence-corrected chi connectivity index (χ2v) is 19.5. The lowest BCUT2D eigenvalue weighted by atomic mass is 9.68. The fourth-order valence-corrected chi connectivity index (χ4v) is 12.2. The summed E-state index contributed by atoms with van der Waals surface area (Å²) in [6.45, 7) is 11.9. The third-order valence-corrected chi connectivity index (χ3v) is 15.2. The van der Waals surface area contributed by atoms with E-state index >= 15 is 0 Å². The van der Waals surface area contributed by atoms with Crippen LogP contribution in [-0.2, 0) is 29.4 Å². The van der Waals surface area contributed by atoms with E-state index in [4.69, 9.17) is 4.74 Å². The number of aryl methyl sites for hydroxylation is 1. The van der Waals surface area contributed by atoms with E-state index in [0.717, 1.165) is 44.9 Å². The van der Waals surface area contributed by atoms with Crippen LogP contribution in [0.4, 0.5) is 5.69 Å². The lowest BCUT2D eigenvalue weighted by Gasteiger charge is -2.49. The Kier molecular flexibility index (Phi) is 11.4. The minimum atomic E-state index is -3.54. The lowest BCUT2D eigenvalue weighted by Crippen LogP contribution is -2.60. The molecule has 4 aliphatic rings. The Balaban J connectivity index is 1.32. The molecule has 10 nitrogen and oxygen atoms in total. The van der Waals surface area contributed by atoms with Gasteiger partial charge < -0.3 is 9.64 Å². The summed E-state index contributed by atoms with van der Waals surface area (Å²) >= 11 is 0. The zero-order chi connectivity index (χ0) is 34.0. The molecule has 0 radical (unpaired) electrons. The Morgan fingerprint density at radius 1 is 1.00 bits per heavy atom. The maximum atomic E-state index is 14.4. The number of hydrogen-bond acceptors (Lipinski definition) is 9. The van der Waals surface area contributed by atoms with Gasteiger partial charge in [-0.25, -0.2) is 21.8 Å². The number of hydrogen-bond donors (Lipinski definition) is 1. The van der Waals surface area contributed by atoms with Gasteiger partial charge in [0, 0.05) is 67.9 Å². The van der Waals surface area contributed by atoms with E-state index in [9.17, 15) is 21.6 Å². The van der Waals surface area contributed by atoms with Crippen molar-refractivity contribution >= 4 is 31.5 Å². The smallest absolute Gasteiger partial charge is 0.308 e. The number of fused-ring (bicyclic) bond motifs is 2. The van der Waals surface area contributed by atoms with Gasteiger partial charge in [0.15, 0.2) is 0 Å². The minimum Gasteiger partial charge on any atom is -0.466 e. The van der Waals surface area contributed by atoms with Crippen molar-refractivity contribution in [3.8, 4) is 0 Å². The number of benzene rings is 1. The van der Waals surface area contributed by atoms with E-state index in [0.29, 0.717) is 58.1 Å². The molecule has 1 N–H and O–H groups in total. The van der Waals surface area contributed by atoms with Crippen LogP contribution in [-0.4, -0.2) is 101 Å². The van der Waals surface area contributed by atoms with Gasteiger partial charge in [-0.2, -0.15) is 4.31 Å². The fraction of sp³-hybridized carbons (Fsp3) is 0.800. The van der Waals surface area contributed by atoms with Gasteiger partial charge in [0.1, 0.15) is 9.84 Å². The molecular weight excluding hydrogens is 637 g/mol. The molecule has 12 heteroatoms. The quantitative estimate of drug-likeness (QED) is 0.172. The van der Waals surface area contributed by atoms with Crippen LogP contribution in [0, 0.1) is 29.6 Å². The van der Waals surface area contributed by atoms with Crippen molar-refractivity contribution in [3.05, 3.63) is 29.8 Å². The normalized spacial score (nSPS) is 29.8. The zero-order valence-corrected chi connectivity index (χ0v) is 30.9. The number of hydrazine groups is 1. The number of ether oxygens (including phenoxy) is 1. The summed E-state index contributed by atoms with van der Waals surface area (Å²) in [5.41, 5.74) is 5.65. The van der Waals surface area contributed by atoms with Gasteiger partial charge in [-0.05, 0) is 94.6 Å². The van der Waals surface area contributed by atoms with Crippen LogP contribution in [0.15, 0.2) is 24.3 Å². The largest absolute Gasteiger partial charge is 0.466 e. The molecule has 266 valence electrons. The van der Waals surface area contributed by atoms with Crippen molar-refractivity contribution in [2.24, 2.45) is 22.7 Å². The number of unbranched alkanes of at least 4 members (excludes halogenated alkanes) is 1.